The molecule has 0 spiro atoms. The molecule has 1 saturated heterocycles. The van der Waals surface area contributed by atoms with Crippen molar-refractivity contribution in [2.45, 2.75) is 44.1 Å². The molecule has 0 bridgehead atoms. The minimum absolute atomic E-state index is 0.0380. The molecule has 2 aliphatic rings. The van der Waals surface area contributed by atoms with Gasteiger partial charge in [0.05, 0.1) is 14.2 Å². The van der Waals surface area contributed by atoms with Gasteiger partial charge in [-0.3, -0.25) is 4.79 Å². The van der Waals surface area contributed by atoms with Gasteiger partial charge in [-0.1, -0.05) is 12.5 Å². The van der Waals surface area contributed by atoms with Crippen molar-refractivity contribution in [2.24, 2.45) is 0 Å². The van der Waals surface area contributed by atoms with Crippen LogP contribution in [0, 0.1) is 0 Å². The van der Waals surface area contributed by atoms with Crippen molar-refractivity contribution in [1.82, 2.24) is 19.4 Å². The fourth-order valence-corrected chi connectivity index (χ4v) is 4.84. The van der Waals surface area contributed by atoms with Crippen LogP contribution in [-0.4, -0.2) is 52.7 Å². The molecule has 7 nitrogen and oxygen atoms in total. The minimum atomic E-state index is 0.0380. The maximum Gasteiger partial charge on any atom is 0.246 e. The van der Waals surface area contributed by atoms with E-state index in [1.807, 2.05) is 41.4 Å². The molecule has 5 rings (SSSR count). The Morgan fingerprint density at radius 1 is 1.06 bits per heavy atom. The van der Waals surface area contributed by atoms with E-state index in [0.29, 0.717) is 23.5 Å². The van der Waals surface area contributed by atoms with Crippen LogP contribution in [0.1, 0.15) is 55.5 Å². The standard InChI is InChI=1S/C26H30N4O3/c1-32-22-10-8-18(17-23(22)33-2)9-11-24(31)29-15-12-20(13-16-29)30-25(19-5-3-6-19)28-21-7-4-14-27-26(21)30/h4,7-11,14,17,19-20H,3,5-6,12-13,15-16H2,1-2H3. The summed E-state index contributed by atoms with van der Waals surface area (Å²) < 4.78 is 13.0. The molecule has 0 radical (unpaired) electrons. The van der Waals surface area contributed by atoms with Gasteiger partial charge in [-0.15, -0.1) is 0 Å². The van der Waals surface area contributed by atoms with E-state index in [-0.39, 0.29) is 5.91 Å². The molecule has 0 atom stereocenters. The highest BCUT2D eigenvalue weighted by molar-refractivity contribution is 5.92. The number of amides is 1. The largest absolute Gasteiger partial charge is 0.493 e. The molecule has 172 valence electrons. The average Bonchev–Trinajstić information content (AvgIpc) is 3.19. The summed E-state index contributed by atoms with van der Waals surface area (Å²) in [6.45, 7) is 1.47. The van der Waals surface area contributed by atoms with Crippen LogP contribution in [0.4, 0.5) is 0 Å². The molecular weight excluding hydrogens is 416 g/mol. The van der Waals surface area contributed by atoms with E-state index in [2.05, 4.69) is 15.6 Å². The Morgan fingerprint density at radius 2 is 1.85 bits per heavy atom. The zero-order valence-corrected chi connectivity index (χ0v) is 19.2. The second-order valence-electron chi connectivity index (χ2n) is 8.82. The molecule has 3 aromatic rings. The Kier molecular flexibility index (Phi) is 6.03. The second kappa shape index (κ2) is 9.25. The van der Waals surface area contributed by atoms with Crippen LogP contribution in [0.3, 0.4) is 0 Å². The van der Waals surface area contributed by atoms with Gasteiger partial charge in [0.1, 0.15) is 11.3 Å². The van der Waals surface area contributed by atoms with E-state index in [1.165, 1.54) is 25.1 Å². The van der Waals surface area contributed by atoms with E-state index in [0.717, 1.165) is 42.7 Å². The monoisotopic (exact) mass is 446 g/mol. The molecule has 1 saturated carbocycles. The molecule has 7 heteroatoms. The van der Waals surface area contributed by atoms with Gasteiger partial charge in [-0.05, 0) is 61.6 Å². The number of carbonyl (C=O) groups excluding carboxylic acids is 1. The lowest BCUT2D eigenvalue weighted by Gasteiger charge is -2.34. The number of fused-ring (bicyclic) bond motifs is 1. The first kappa shape index (κ1) is 21.5. The lowest BCUT2D eigenvalue weighted by Crippen LogP contribution is -2.38. The number of rotatable bonds is 6. The van der Waals surface area contributed by atoms with Crippen LogP contribution in [0.2, 0.25) is 0 Å². The Balaban J connectivity index is 1.27. The molecule has 33 heavy (non-hydrogen) atoms. The maximum absolute atomic E-state index is 12.8. The van der Waals surface area contributed by atoms with Crippen molar-refractivity contribution >= 4 is 23.1 Å². The predicted molar refractivity (Wildman–Crippen MR) is 128 cm³/mol. The average molecular weight is 447 g/mol. The topological polar surface area (TPSA) is 69.5 Å². The van der Waals surface area contributed by atoms with Crippen LogP contribution in [0.25, 0.3) is 17.2 Å². The van der Waals surface area contributed by atoms with E-state index in [1.54, 1.807) is 20.3 Å². The molecule has 3 heterocycles. The van der Waals surface area contributed by atoms with Gasteiger partial charge < -0.3 is 18.9 Å². The Labute approximate surface area is 194 Å². The molecule has 1 aliphatic carbocycles. The van der Waals surface area contributed by atoms with Crippen LogP contribution in [0.15, 0.2) is 42.6 Å². The number of pyridine rings is 1. The van der Waals surface area contributed by atoms with Gasteiger partial charge in [0.2, 0.25) is 5.91 Å². The number of methoxy groups -OCH3 is 2. The number of hydrogen-bond acceptors (Lipinski definition) is 5. The number of hydrogen-bond donors (Lipinski definition) is 0. The second-order valence-corrected chi connectivity index (χ2v) is 8.82. The molecule has 1 aliphatic heterocycles. The highest BCUT2D eigenvalue weighted by atomic mass is 16.5. The van der Waals surface area contributed by atoms with Crippen molar-refractivity contribution in [3.63, 3.8) is 0 Å². The molecule has 0 N–H and O–H groups in total. The minimum Gasteiger partial charge on any atom is -0.493 e. The number of benzene rings is 1. The molecule has 0 unspecified atom stereocenters. The lowest BCUT2D eigenvalue weighted by atomic mass is 9.84. The first-order chi connectivity index (χ1) is 16.2. The normalized spacial score (nSPS) is 17.5. The lowest BCUT2D eigenvalue weighted by molar-refractivity contribution is -0.127. The highest BCUT2D eigenvalue weighted by Crippen LogP contribution is 2.39. The van der Waals surface area contributed by atoms with Crippen molar-refractivity contribution in [1.29, 1.82) is 0 Å². The third kappa shape index (κ3) is 4.19. The van der Waals surface area contributed by atoms with E-state index < -0.39 is 0 Å². The van der Waals surface area contributed by atoms with Gasteiger partial charge >= 0.3 is 0 Å². The molecule has 1 amide bonds. The van der Waals surface area contributed by atoms with E-state index in [9.17, 15) is 4.79 Å². The first-order valence-electron chi connectivity index (χ1n) is 11.7. The number of nitrogens with zero attached hydrogens (tertiary/aromatic N) is 4. The van der Waals surface area contributed by atoms with Gasteiger partial charge in [-0.2, -0.15) is 0 Å². The van der Waals surface area contributed by atoms with Crippen LogP contribution in [-0.2, 0) is 4.79 Å². The van der Waals surface area contributed by atoms with E-state index >= 15 is 0 Å². The zero-order chi connectivity index (χ0) is 22.8. The Morgan fingerprint density at radius 3 is 2.55 bits per heavy atom. The fourth-order valence-electron chi connectivity index (χ4n) is 4.84. The number of carbonyl (C=O) groups is 1. The Hall–Kier alpha value is -3.35. The molecule has 2 aromatic heterocycles. The number of likely N-dealkylation sites (tertiary alicyclic amines) is 1. The smallest absolute Gasteiger partial charge is 0.246 e. The summed E-state index contributed by atoms with van der Waals surface area (Å²) in [5.74, 6) is 3.09. The van der Waals surface area contributed by atoms with Crippen LogP contribution >= 0.6 is 0 Å². The van der Waals surface area contributed by atoms with Crippen molar-refractivity contribution in [2.75, 3.05) is 27.3 Å². The SMILES string of the molecule is COc1ccc(C=CC(=O)N2CCC(n3c(C4CCC4)nc4cccnc43)CC2)cc1OC. The highest BCUT2D eigenvalue weighted by Gasteiger charge is 2.31. The Bertz CT molecular complexity index is 1170. The quantitative estimate of drug-likeness (QED) is 0.518. The maximum atomic E-state index is 12.8. The summed E-state index contributed by atoms with van der Waals surface area (Å²) in [7, 11) is 3.22. The van der Waals surface area contributed by atoms with Crippen LogP contribution < -0.4 is 9.47 Å². The summed E-state index contributed by atoms with van der Waals surface area (Å²) >= 11 is 0. The molecular formula is C26H30N4O3. The predicted octanol–water partition coefficient (Wildman–Crippen LogP) is 4.59. The third-order valence-electron chi connectivity index (χ3n) is 6.91. The van der Waals surface area contributed by atoms with Gasteiger partial charge in [0.25, 0.3) is 0 Å². The first-order valence-corrected chi connectivity index (χ1v) is 11.7. The fraction of sp³-hybridized carbons (Fsp3) is 0.423. The summed E-state index contributed by atoms with van der Waals surface area (Å²) in [6, 6.07) is 9.97. The summed E-state index contributed by atoms with van der Waals surface area (Å²) in [5.41, 5.74) is 2.87. The number of imidazole rings is 1. The summed E-state index contributed by atoms with van der Waals surface area (Å²) in [5, 5.41) is 0. The number of ether oxygens (including phenoxy) is 2. The van der Waals surface area contributed by atoms with Crippen LogP contribution in [0.5, 0.6) is 11.5 Å². The van der Waals surface area contributed by atoms with Crippen molar-refractivity contribution in [3.05, 3.63) is 54.0 Å². The van der Waals surface area contributed by atoms with Gasteiger partial charge in [-0.25, -0.2) is 9.97 Å². The molecule has 1 aromatic carbocycles. The zero-order valence-electron chi connectivity index (χ0n) is 19.2. The third-order valence-corrected chi connectivity index (χ3v) is 6.91. The van der Waals surface area contributed by atoms with Gasteiger partial charge in [0, 0.05) is 37.3 Å². The summed E-state index contributed by atoms with van der Waals surface area (Å²) in [4.78, 5) is 24.4. The van der Waals surface area contributed by atoms with Gasteiger partial charge in [0.15, 0.2) is 17.1 Å². The van der Waals surface area contributed by atoms with Crippen molar-refractivity contribution < 1.29 is 14.3 Å². The number of aromatic nitrogens is 3. The van der Waals surface area contributed by atoms with E-state index in [4.69, 9.17) is 14.5 Å². The number of piperidine rings is 1. The van der Waals surface area contributed by atoms with Crippen molar-refractivity contribution in [3.8, 4) is 11.5 Å². The molecule has 2 fully saturated rings. The summed E-state index contributed by atoms with van der Waals surface area (Å²) in [6.07, 6.45) is 10.9.